The fraction of sp³-hybridized carbons (Fsp3) is 0.429. The molecule has 1 aromatic carbocycles. The van der Waals surface area contributed by atoms with E-state index in [0.29, 0.717) is 16.6 Å². The van der Waals surface area contributed by atoms with Crippen LogP contribution in [0.5, 0.6) is 0 Å². The van der Waals surface area contributed by atoms with Gasteiger partial charge in [-0.25, -0.2) is 0 Å². The van der Waals surface area contributed by atoms with Gasteiger partial charge in [-0.2, -0.15) is 0 Å². The largest absolute Gasteiger partial charge is 0.389 e. The van der Waals surface area contributed by atoms with Crippen LogP contribution in [0.4, 0.5) is 5.69 Å². The Labute approximate surface area is 129 Å². The summed E-state index contributed by atoms with van der Waals surface area (Å²) in [5, 5.41) is 3.36. The van der Waals surface area contributed by atoms with Crippen LogP contribution in [0.2, 0.25) is 5.02 Å². The minimum absolute atomic E-state index is 0.0545. The minimum Gasteiger partial charge on any atom is -0.389 e. The molecule has 3 N–H and O–H groups in total. The van der Waals surface area contributed by atoms with Crippen LogP contribution in [0, 0.1) is 5.41 Å². The third-order valence-corrected chi connectivity index (χ3v) is 4.27. The average Bonchev–Trinajstić information content (AvgIpc) is 2.81. The Balaban J connectivity index is 2.33. The van der Waals surface area contributed by atoms with Gasteiger partial charge in [0.15, 0.2) is 0 Å². The zero-order chi connectivity index (χ0) is 14.9. The van der Waals surface area contributed by atoms with E-state index in [0.717, 1.165) is 24.2 Å². The predicted octanol–water partition coefficient (Wildman–Crippen LogP) is 1.94. The van der Waals surface area contributed by atoms with Gasteiger partial charge in [0.05, 0.1) is 5.41 Å². The van der Waals surface area contributed by atoms with Crippen molar-refractivity contribution in [2.24, 2.45) is 11.1 Å². The molecule has 0 aliphatic carbocycles. The van der Waals surface area contributed by atoms with Crippen molar-refractivity contribution in [2.45, 2.75) is 13.3 Å². The smallest absolute Gasteiger partial charge is 0.227 e. The van der Waals surface area contributed by atoms with E-state index in [-0.39, 0.29) is 5.91 Å². The van der Waals surface area contributed by atoms with Crippen molar-refractivity contribution in [2.75, 3.05) is 25.0 Å². The van der Waals surface area contributed by atoms with Crippen LogP contribution in [0.1, 0.15) is 18.9 Å². The highest BCUT2D eigenvalue weighted by atomic mass is 35.5. The maximum absolute atomic E-state index is 12.0. The highest BCUT2D eigenvalue weighted by Crippen LogP contribution is 2.36. The summed E-state index contributed by atoms with van der Waals surface area (Å²) in [5.74, 6) is 0.0545. The van der Waals surface area contributed by atoms with E-state index in [9.17, 15) is 4.79 Å². The van der Waals surface area contributed by atoms with Gasteiger partial charge in [0, 0.05) is 36.4 Å². The maximum Gasteiger partial charge on any atom is 0.227 e. The Hall–Kier alpha value is -1.33. The average molecular weight is 312 g/mol. The van der Waals surface area contributed by atoms with Gasteiger partial charge < -0.3 is 16.0 Å². The molecular formula is C14H18ClN3OS. The Morgan fingerprint density at radius 2 is 2.25 bits per heavy atom. The highest BCUT2D eigenvalue weighted by Gasteiger charge is 2.40. The van der Waals surface area contributed by atoms with Crippen molar-refractivity contribution >= 4 is 40.4 Å². The third-order valence-electron chi connectivity index (χ3n) is 3.81. The Morgan fingerprint density at radius 3 is 2.85 bits per heavy atom. The zero-order valence-corrected chi connectivity index (χ0v) is 13.1. The molecule has 1 aliphatic heterocycles. The second-order valence-electron chi connectivity index (χ2n) is 5.34. The number of hydrogen-bond donors (Lipinski definition) is 2. The SMILES string of the molecule is CNC(=O)C1(C)CCN(c2cc(Cl)ccc2C(N)=S)C1. The Morgan fingerprint density at radius 1 is 1.55 bits per heavy atom. The van der Waals surface area contributed by atoms with Crippen LogP contribution in [0.3, 0.4) is 0 Å². The molecule has 1 saturated heterocycles. The topological polar surface area (TPSA) is 58.4 Å². The first-order valence-electron chi connectivity index (χ1n) is 6.44. The van der Waals surface area contributed by atoms with Crippen molar-refractivity contribution in [3.8, 4) is 0 Å². The fourth-order valence-electron chi connectivity index (χ4n) is 2.63. The number of benzene rings is 1. The number of carbonyl (C=O) groups is 1. The molecule has 2 rings (SSSR count). The summed E-state index contributed by atoms with van der Waals surface area (Å²) in [4.78, 5) is 14.4. The highest BCUT2D eigenvalue weighted by molar-refractivity contribution is 7.80. The number of nitrogens with one attached hydrogen (secondary N) is 1. The molecule has 0 radical (unpaired) electrons. The number of halogens is 1. The molecule has 1 heterocycles. The van der Waals surface area contributed by atoms with E-state index in [1.54, 1.807) is 13.1 Å². The van der Waals surface area contributed by atoms with Crippen molar-refractivity contribution in [3.05, 3.63) is 28.8 Å². The van der Waals surface area contributed by atoms with Gasteiger partial charge in [0.25, 0.3) is 0 Å². The number of rotatable bonds is 3. The van der Waals surface area contributed by atoms with E-state index >= 15 is 0 Å². The number of carbonyl (C=O) groups excluding carboxylic acids is 1. The van der Waals surface area contributed by atoms with Crippen LogP contribution in [-0.2, 0) is 4.79 Å². The van der Waals surface area contributed by atoms with E-state index in [2.05, 4.69) is 10.2 Å². The van der Waals surface area contributed by atoms with E-state index < -0.39 is 5.41 Å². The Kier molecular flexibility index (Phi) is 4.20. The first-order chi connectivity index (χ1) is 9.37. The first-order valence-corrected chi connectivity index (χ1v) is 7.22. The van der Waals surface area contributed by atoms with Crippen LogP contribution < -0.4 is 16.0 Å². The molecule has 0 bridgehead atoms. The summed E-state index contributed by atoms with van der Waals surface area (Å²) in [6.07, 6.45) is 0.788. The molecule has 1 aromatic rings. The van der Waals surface area contributed by atoms with Crippen molar-refractivity contribution in [3.63, 3.8) is 0 Å². The third kappa shape index (κ3) is 2.74. The summed E-state index contributed by atoms with van der Waals surface area (Å²) < 4.78 is 0. The Bertz CT molecular complexity index is 563. The van der Waals surface area contributed by atoms with E-state index in [1.165, 1.54) is 0 Å². The molecule has 1 amide bonds. The number of anilines is 1. The van der Waals surface area contributed by atoms with Crippen molar-refractivity contribution in [1.29, 1.82) is 0 Å². The van der Waals surface area contributed by atoms with Crippen LogP contribution in [-0.4, -0.2) is 31.0 Å². The number of nitrogens with two attached hydrogens (primary N) is 1. The number of amides is 1. The molecule has 108 valence electrons. The predicted molar refractivity (Wildman–Crippen MR) is 86.3 cm³/mol. The van der Waals surface area contributed by atoms with Crippen LogP contribution >= 0.6 is 23.8 Å². The molecule has 1 fully saturated rings. The summed E-state index contributed by atoms with van der Waals surface area (Å²) in [7, 11) is 1.66. The van der Waals surface area contributed by atoms with Gasteiger partial charge in [-0.1, -0.05) is 23.8 Å². The molecule has 1 atom stereocenters. The molecular weight excluding hydrogens is 294 g/mol. The van der Waals surface area contributed by atoms with Gasteiger partial charge in [0.1, 0.15) is 4.99 Å². The first kappa shape index (κ1) is 15.1. The molecule has 1 aliphatic rings. The molecule has 0 spiro atoms. The lowest BCUT2D eigenvalue weighted by Crippen LogP contribution is -2.39. The van der Waals surface area contributed by atoms with Crippen molar-refractivity contribution < 1.29 is 4.79 Å². The molecule has 0 aromatic heterocycles. The normalized spacial score (nSPS) is 21.9. The standard InChI is InChI=1S/C14H18ClN3OS/c1-14(13(19)17-2)5-6-18(8-14)11-7-9(15)3-4-10(11)12(16)20/h3-4,7H,5-6,8H2,1-2H3,(H2,16,20)(H,17,19). The summed E-state index contributed by atoms with van der Waals surface area (Å²) in [5.41, 5.74) is 7.07. The van der Waals surface area contributed by atoms with Crippen LogP contribution in [0.25, 0.3) is 0 Å². The fourth-order valence-corrected chi connectivity index (χ4v) is 2.97. The minimum atomic E-state index is -0.398. The molecule has 0 saturated carbocycles. The number of hydrogen-bond acceptors (Lipinski definition) is 3. The van der Waals surface area contributed by atoms with Crippen LogP contribution in [0.15, 0.2) is 18.2 Å². The quantitative estimate of drug-likeness (QED) is 0.838. The molecule has 4 nitrogen and oxygen atoms in total. The lowest BCUT2D eigenvalue weighted by molar-refractivity contribution is -0.128. The molecule has 1 unspecified atom stereocenters. The summed E-state index contributed by atoms with van der Waals surface area (Å²) in [6.45, 7) is 3.37. The van der Waals surface area contributed by atoms with Crippen molar-refractivity contribution in [1.82, 2.24) is 5.32 Å². The van der Waals surface area contributed by atoms with Gasteiger partial charge in [-0.3, -0.25) is 4.79 Å². The van der Waals surface area contributed by atoms with Gasteiger partial charge in [-0.15, -0.1) is 0 Å². The summed E-state index contributed by atoms with van der Waals surface area (Å²) >= 11 is 11.2. The number of nitrogens with zero attached hydrogens (tertiary/aromatic N) is 1. The molecule has 6 heteroatoms. The maximum atomic E-state index is 12.0. The number of thiocarbonyl (C=S) groups is 1. The second-order valence-corrected chi connectivity index (χ2v) is 6.21. The van der Waals surface area contributed by atoms with E-state index in [1.807, 2.05) is 19.1 Å². The summed E-state index contributed by atoms with van der Waals surface area (Å²) in [6, 6.07) is 5.45. The molecule has 20 heavy (non-hydrogen) atoms. The second kappa shape index (κ2) is 5.58. The zero-order valence-electron chi connectivity index (χ0n) is 11.6. The van der Waals surface area contributed by atoms with Gasteiger partial charge in [-0.05, 0) is 31.5 Å². The van der Waals surface area contributed by atoms with E-state index in [4.69, 9.17) is 29.6 Å². The van der Waals surface area contributed by atoms with Gasteiger partial charge >= 0.3 is 0 Å². The van der Waals surface area contributed by atoms with Gasteiger partial charge in [0.2, 0.25) is 5.91 Å². The monoisotopic (exact) mass is 311 g/mol. The lowest BCUT2D eigenvalue weighted by Gasteiger charge is -2.25. The lowest BCUT2D eigenvalue weighted by atomic mass is 9.89.